The highest BCUT2D eigenvalue weighted by Gasteiger charge is 2.54. The van der Waals surface area contributed by atoms with Crippen LogP contribution in [0.3, 0.4) is 0 Å². The topological polar surface area (TPSA) is 83.6 Å². The molecule has 3 N–H and O–H groups in total. The van der Waals surface area contributed by atoms with Gasteiger partial charge in [-0.3, -0.25) is 4.79 Å². The quantitative estimate of drug-likeness (QED) is 0.483. The van der Waals surface area contributed by atoms with Crippen LogP contribution in [0.15, 0.2) is 0 Å². The van der Waals surface area contributed by atoms with Gasteiger partial charge in [0.2, 0.25) is 5.91 Å². The fourth-order valence-corrected chi connectivity index (χ4v) is 2.00. The molecule has 2 fully saturated rings. The van der Waals surface area contributed by atoms with Gasteiger partial charge in [0.25, 0.3) is 0 Å². The number of rotatable bonds is 1. The number of carbonyl (C=O) groups excluding carboxylic acids is 1. The van der Waals surface area contributed by atoms with Gasteiger partial charge < -0.3 is 15.7 Å². The molecule has 0 bridgehead atoms. The van der Waals surface area contributed by atoms with E-state index in [1.165, 1.54) is 4.90 Å². The molecule has 2 saturated heterocycles. The first kappa shape index (κ1) is 7.54. The molecule has 0 aromatic heterocycles. The summed E-state index contributed by atoms with van der Waals surface area (Å²) in [7, 11) is 0. The van der Waals surface area contributed by atoms with Gasteiger partial charge in [-0.05, 0) is 12.8 Å². The van der Waals surface area contributed by atoms with Gasteiger partial charge in [0.15, 0.2) is 0 Å². The molecule has 0 saturated carbocycles. The second kappa shape index (κ2) is 2.20. The molecule has 5 nitrogen and oxygen atoms in total. The van der Waals surface area contributed by atoms with E-state index in [1.807, 2.05) is 0 Å². The first-order valence-corrected chi connectivity index (χ1v) is 3.93. The number of carboxylic acids is 1. The van der Waals surface area contributed by atoms with Crippen LogP contribution in [0.4, 0.5) is 0 Å². The fourth-order valence-electron chi connectivity index (χ4n) is 2.00. The Hall–Kier alpha value is -1.10. The van der Waals surface area contributed by atoms with Crippen LogP contribution in [0.1, 0.15) is 12.8 Å². The number of aliphatic carboxylic acids is 1. The van der Waals surface area contributed by atoms with Crippen molar-refractivity contribution in [2.75, 3.05) is 0 Å². The van der Waals surface area contributed by atoms with Gasteiger partial charge in [-0.1, -0.05) is 0 Å². The van der Waals surface area contributed by atoms with Gasteiger partial charge in [0.1, 0.15) is 12.1 Å². The highest BCUT2D eigenvalue weighted by Crippen LogP contribution is 2.34. The third kappa shape index (κ3) is 0.714. The Morgan fingerprint density at radius 3 is 2.83 bits per heavy atom. The van der Waals surface area contributed by atoms with Gasteiger partial charge in [-0.15, -0.1) is 0 Å². The van der Waals surface area contributed by atoms with E-state index in [-0.39, 0.29) is 11.9 Å². The molecule has 0 spiro atoms. The van der Waals surface area contributed by atoms with Crippen molar-refractivity contribution in [3.05, 3.63) is 0 Å². The van der Waals surface area contributed by atoms with Crippen LogP contribution >= 0.6 is 0 Å². The molecule has 1 amide bonds. The third-order valence-electron chi connectivity index (χ3n) is 2.67. The molecule has 2 heterocycles. The largest absolute Gasteiger partial charge is 0.480 e. The summed E-state index contributed by atoms with van der Waals surface area (Å²) in [6, 6.07) is -1.09. The molecule has 0 unspecified atom stereocenters. The van der Waals surface area contributed by atoms with Gasteiger partial charge in [0.05, 0.1) is 6.04 Å². The lowest BCUT2D eigenvalue weighted by atomic mass is 9.97. The summed E-state index contributed by atoms with van der Waals surface area (Å²) in [5.74, 6) is -1.14. The Labute approximate surface area is 69.1 Å². The van der Waals surface area contributed by atoms with Crippen molar-refractivity contribution in [1.82, 2.24) is 4.90 Å². The molecule has 3 atom stereocenters. The second-order valence-corrected chi connectivity index (χ2v) is 3.27. The van der Waals surface area contributed by atoms with E-state index in [9.17, 15) is 9.59 Å². The normalized spacial score (nSPS) is 39.2. The van der Waals surface area contributed by atoms with Crippen molar-refractivity contribution in [2.24, 2.45) is 5.73 Å². The monoisotopic (exact) mass is 170 g/mol. The van der Waals surface area contributed by atoms with Gasteiger partial charge in [-0.2, -0.15) is 0 Å². The maximum absolute atomic E-state index is 11.1. The number of carboxylic acid groups (broad SMARTS) is 1. The highest BCUT2D eigenvalue weighted by molar-refractivity contribution is 5.94. The van der Waals surface area contributed by atoms with Crippen LogP contribution < -0.4 is 5.73 Å². The van der Waals surface area contributed by atoms with Gasteiger partial charge in [-0.25, -0.2) is 4.79 Å². The SMILES string of the molecule is N[C@@H]1C(=O)N2[C@H](C(=O)O)CC[C@@H]12. The molecule has 0 aliphatic carbocycles. The Morgan fingerprint density at radius 2 is 2.25 bits per heavy atom. The summed E-state index contributed by atoms with van der Waals surface area (Å²) >= 11 is 0. The number of nitrogens with zero attached hydrogens (tertiary/aromatic N) is 1. The summed E-state index contributed by atoms with van der Waals surface area (Å²) in [6.45, 7) is 0. The average molecular weight is 170 g/mol. The summed E-state index contributed by atoms with van der Waals surface area (Å²) in [6.07, 6.45) is 1.27. The zero-order valence-corrected chi connectivity index (χ0v) is 6.43. The summed E-state index contributed by atoms with van der Waals surface area (Å²) in [5, 5.41) is 8.70. The Kier molecular flexibility index (Phi) is 1.38. The van der Waals surface area contributed by atoms with E-state index in [2.05, 4.69) is 0 Å². The second-order valence-electron chi connectivity index (χ2n) is 3.27. The summed E-state index contributed by atoms with van der Waals surface area (Å²) in [4.78, 5) is 23.1. The van der Waals surface area contributed by atoms with E-state index < -0.39 is 18.1 Å². The lowest BCUT2D eigenvalue weighted by Gasteiger charge is -2.42. The number of carbonyl (C=O) groups is 2. The highest BCUT2D eigenvalue weighted by atomic mass is 16.4. The van der Waals surface area contributed by atoms with Crippen molar-refractivity contribution < 1.29 is 14.7 Å². The Balaban J connectivity index is 2.16. The number of β-lactam (4-membered cyclic amide) rings is 1. The minimum Gasteiger partial charge on any atom is -0.480 e. The number of hydrogen-bond donors (Lipinski definition) is 2. The minimum absolute atomic E-state index is 0.0152. The predicted octanol–water partition coefficient (Wildman–Crippen LogP) is -1.23. The average Bonchev–Trinajstić information content (AvgIpc) is 2.43. The molecular formula is C7H10N2O3. The first-order chi connectivity index (χ1) is 5.63. The maximum Gasteiger partial charge on any atom is 0.326 e. The Morgan fingerprint density at radius 1 is 1.58 bits per heavy atom. The maximum atomic E-state index is 11.1. The predicted molar refractivity (Wildman–Crippen MR) is 39.3 cm³/mol. The Bertz CT molecular complexity index is 253. The first-order valence-electron chi connectivity index (χ1n) is 3.93. The van der Waals surface area contributed by atoms with Crippen LogP contribution in [-0.4, -0.2) is 40.0 Å². The zero-order chi connectivity index (χ0) is 8.88. The number of hydrogen-bond acceptors (Lipinski definition) is 3. The van der Waals surface area contributed by atoms with Crippen molar-refractivity contribution in [3.8, 4) is 0 Å². The van der Waals surface area contributed by atoms with Crippen LogP contribution in [0.2, 0.25) is 0 Å². The van der Waals surface area contributed by atoms with Crippen molar-refractivity contribution >= 4 is 11.9 Å². The zero-order valence-electron chi connectivity index (χ0n) is 6.43. The van der Waals surface area contributed by atoms with Gasteiger partial charge >= 0.3 is 5.97 Å². The minimum atomic E-state index is -0.919. The molecule has 2 aliphatic heterocycles. The van der Waals surface area contributed by atoms with Crippen molar-refractivity contribution in [2.45, 2.75) is 31.0 Å². The van der Waals surface area contributed by atoms with Gasteiger partial charge in [0, 0.05) is 0 Å². The van der Waals surface area contributed by atoms with Crippen molar-refractivity contribution in [1.29, 1.82) is 0 Å². The molecule has 0 aromatic rings. The van der Waals surface area contributed by atoms with E-state index >= 15 is 0 Å². The van der Waals surface area contributed by atoms with Crippen molar-refractivity contribution in [3.63, 3.8) is 0 Å². The molecule has 12 heavy (non-hydrogen) atoms. The molecular weight excluding hydrogens is 160 g/mol. The number of fused-ring (bicyclic) bond motifs is 1. The molecule has 2 rings (SSSR count). The lowest BCUT2D eigenvalue weighted by molar-refractivity contribution is -0.158. The smallest absolute Gasteiger partial charge is 0.326 e. The third-order valence-corrected chi connectivity index (χ3v) is 2.67. The van der Waals surface area contributed by atoms with Crippen LogP contribution in [0, 0.1) is 0 Å². The van der Waals surface area contributed by atoms with Crippen LogP contribution in [0.5, 0.6) is 0 Å². The molecule has 2 aliphatic rings. The lowest BCUT2D eigenvalue weighted by Crippen LogP contribution is -2.68. The van der Waals surface area contributed by atoms with E-state index in [0.717, 1.165) is 6.42 Å². The van der Waals surface area contributed by atoms with Crippen LogP contribution in [0.25, 0.3) is 0 Å². The molecule has 0 aromatic carbocycles. The van der Waals surface area contributed by atoms with Crippen LogP contribution in [-0.2, 0) is 9.59 Å². The molecule has 0 radical (unpaired) electrons. The summed E-state index contributed by atoms with van der Waals surface area (Å²) < 4.78 is 0. The standard InChI is InChI=1S/C7H10N2O3/c8-5-3-1-2-4(7(11)12)9(3)6(5)10/h3-5H,1-2,8H2,(H,11,12)/t3-,4-,5-/m0/s1. The summed E-state index contributed by atoms with van der Waals surface area (Å²) in [5.41, 5.74) is 5.49. The molecule has 5 heteroatoms. The fraction of sp³-hybridized carbons (Fsp3) is 0.714. The van der Waals surface area contributed by atoms with E-state index in [1.54, 1.807) is 0 Å². The number of nitrogens with two attached hydrogens (primary N) is 1. The van der Waals surface area contributed by atoms with E-state index in [0.29, 0.717) is 6.42 Å². The van der Waals surface area contributed by atoms with E-state index in [4.69, 9.17) is 10.8 Å². The molecule has 66 valence electrons. The number of amides is 1.